The topological polar surface area (TPSA) is 64.6 Å². The van der Waals surface area contributed by atoms with E-state index in [0.29, 0.717) is 12.2 Å². The van der Waals surface area contributed by atoms with Gasteiger partial charge in [0.15, 0.2) is 6.61 Å². The van der Waals surface area contributed by atoms with Crippen LogP contribution in [0.25, 0.3) is 0 Å². The number of carbonyl (C=O) groups excluding carboxylic acids is 2. The average molecular weight is 249 g/mol. The summed E-state index contributed by atoms with van der Waals surface area (Å²) in [6.07, 6.45) is 1.64. The summed E-state index contributed by atoms with van der Waals surface area (Å²) >= 11 is 0. The van der Waals surface area contributed by atoms with E-state index in [0.717, 1.165) is 13.0 Å². The molecule has 1 N–H and O–H groups in total. The molecule has 0 radical (unpaired) electrons. The molecule has 0 unspecified atom stereocenters. The van der Waals surface area contributed by atoms with E-state index in [1.54, 1.807) is 24.3 Å². The van der Waals surface area contributed by atoms with Crippen molar-refractivity contribution < 1.29 is 19.1 Å². The molecule has 1 atom stereocenters. The number of ether oxygens (including phenoxy) is 2. The molecule has 0 aliphatic carbocycles. The van der Waals surface area contributed by atoms with E-state index in [-0.39, 0.29) is 12.6 Å². The van der Waals surface area contributed by atoms with Crippen LogP contribution in [0.5, 0.6) is 5.75 Å². The van der Waals surface area contributed by atoms with Crippen molar-refractivity contribution in [1.82, 2.24) is 5.32 Å². The van der Waals surface area contributed by atoms with Gasteiger partial charge in [-0.1, -0.05) is 18.2 Å². The summed E-state index contributed by atoms with van der Waals surface area (Å²) in [6, 6.07) is 8.55. The Balaban J connectivity index is 1.73. The van der Waals surface area contributed by atoms with E-state index < -0.39 is 11.9 Å². The maximum atomic E-state index is 11.5. The monoisotopic (exact) mass is 249 g/mol. The SMILES string of the molecule is O=C(COc1ccccc1)OC(=O)[C@@H]1CCCN1. The molecule has 0 bridgehead atoms. The van der Waals surface area contributed by atoms with Crippen molar-refractivity contribution in [2.75, 3.05) is 13.2 Å². The van der Waals surface area contributed by atoms with Gasteiger partial charge in [-0.15, -0.1) is 0 Å². The number of benzene rings is 1. The molecule has 1 aliphatic heterocycles. The highest BCUT2D eigenvalue weighted by Gasteiger charge is 2.25. The highest BCUT2D eigenvalue weighted by atomic mass is 16.6. The zero-order valence-corrected chi connectivity index (χ0v) is 9.93. The first-order valence-corrected chi connectivity index (χ1v) is 5.91. The fourth-order valence-corrected chi connectivity index (χ4v) is 1.76. The predicted molar refractivity (Wildman–Crippen MR) is 64.1 cm³/mol. The Morgan fingerprint density at radius 1 is 1.28 bits per heavy atom. The van der Waals surface area contributed by atoms with Crippen molar-refractivity contribution in [3.05, 3.63) is 30.3 Å². The van der Waals surface area contributed by atoms with Crippen LogP contribution in [0, 0.1) is 0 Å². The maximum absolute atomic E-state index is 11.5. The summed E-state index contributed by atoms with van der Waals surface area (Å²) in [7, 11) is 0. The van der Waals surface area contributed by atoms with E-state index in [2.05, 4.69) is 5.32 Å². The average Bonchev–Trinajstić information content (AvgIpc) is 2.91. The standard InChI is InChI=1S/C13H15NO4/c15-12(9-17-10-5-2-1-3-6-10)18-13(16)11-7-4-8-14-11/h1-3,5-6,11,14H,4,7-9H2/t11-/m0/s1. The molecule has 1 aliphatic rings. The van der Waals surface area contributed by atoms with E-state index in [4.69, 9.17) is 9.47 Å². The third-order valence-corrected chi connectivity index (χ3v) is 2.66. The van der Waals surface area contributed by atoms with Gasteiger partial charge in [0, 0.05) is 0 Å². The molecule has 1 saturated heterocycles. The fraction of sp³-hybridized carbons (Fsp3) is 0.385. The second-order valence-corrected chi connectivity index (χ2v) is 4.04. The van der Waals surface area contributed by atoms with Crippen molar-refractivity contribution in [3.8, 4) is 5.75 Å². The van der Waals surface area contributed by atoms with Crippen molar-refractivity contribution >= 4 is 11.9 Å². The molecule has 0 spiro atoms. The number of nitrogens with one attached hydrogen (secondary N) is 1. The quantitative estimate of drug-likeness (QED) is 0.634. The van der Waals surface area contributed by atoms with E-state index in [1.807, 2.05) is 6.07 Å². The zero-order valence-electron chi connectivity index (χ0n) is 9.93. The Labute approximate surface area is 105 Å². The Morgan fingerprint density at radius 2 is 2.06 bits per heavy atom. The van der Waals surface area contributed by atoms with Gasteiger partial charge in [0.05, 0.1) is 0 Å². The Kier molecular flexibility index (Phi) is 4.30. The summed E-state index contributed by atoms with van der Waals surface area (Å²) in [6.45, 7) is 0.525. The molecule has 5 heteroatoms. The fourth-order valence-electron chi connectivity index (χ4n) is 1.76. The Bertz CT molecular complexity index is 412. The van der Waals surface area contributed by atoms with Crippen LogP contribution in [0.15, 0.2) is 30.3 Å². The summed E-state index contributed by atoms with van der Waals surface area (Å²) < 4.78 is 9.87. The number of rotatable bonds is 4. The van der Waals surface area contributed by atoms with Crippen molar-refractivity contribution in [2.24, 2.45) is 0 Å². The van der Waals surface area contributed by atoms with Crippen molar-refractivity contribution in [3.63, 3.8) is 0 Å². The summed E-state index contributed by atoms with van der Waals surface area (Å²) in [5.41, 5.74) is 0. The third kappa shape index (κ3) is 3.56. The second kappa shape index (κ2) is 6.16. The van der Waals surface area contributed by atoms with E-state index in [1.165, 1.54) is 0 Å². The molecule has 0 amide bonds. The number of para-hydroxylation sites is 1. The normalized spacial score (nSPS) is 18.3. The molecule has 1 aromatic rings. The molecule has 2 rings (SSSR count). The maximum Gasteiger partial charge on any atom is 0.351 e. The Hall–Kier alpha value is -1.88. The van der Waals surface area contributed by atoms with Gasteiger partial charge in [-0.25, -0.2) is 9.59 Å². The van der Waals surface area contributed by atoms with Crippen molar-refractivity contribution in [2.45, 2.75) is 18.9 Å². The highest BCUT2D eigenvalue weighted by Crippen LogP contribution is 2.09. The van der Waals surface area contributed by atoms with Gasteiger partial charge in [0.1, 0.15) is 11.8 Å². The van der Waals surface area contributed by atoms with Gasteiger partial charge >= 0.3 is 11.9 Å². The van der Waals surface area contributed by atoms with E-state index >= 15 is 0 Å². The molecule has 1 heterocycles. The van der Waals surface area contributed by atoms with Crippen LogP contribution in [-0.2, 0) is 14.3 Å². The van der Waals surface area contributed by atoms with Crippen LogP contribution in [0.3, 0.4) is 0 Å². The van der Waals surface area contributed by atoms with Gasteiger partial charge < -0.3 is 14.8 Å². The van der Waals surface area contributed by atoms with Crippen molar-refractivity contribution in [1.29, 1.82) is 0 Å². The summed E-state index contributed by atoms with van der Waals surface area (Å²) in [5.74, 6) is -0.618. The number of hydrogen-bond acceptors (Lipinski definition) is 5. The molecule has 0 saturated carbocycles. The lowest BCUT2D eigenvalue weighted by molar-refractivity contribution is -0.162. The minimum atomic E-state index is -0.669. The molecule has 18 heavy (non-hydrogen) atoms. The summed E-state index contributed by atoms with van der Waals surface area (Å²) in [4.78, 5) is 22.9. The van der Waals surface area contributed by atoms with Gasteiger partial charge in [-0.05, 0) is 31.5 Å². The second-order valence-electron chi connectivity index (χ2n) is 4.04. The molecule has 1 aromatic carbocycles. The van der Waals surface area contributed by atoms with Crippen LogP contribution >= 0.6 is 0 Å². The van der Waals surface area contributed by atoms with Crippen LogP contribution in [0.2, 0.25) is 0 Å². The van der Waals surface area contributed by atoms with Crippen LogP contribution < -0.4 is 10.1 Å². The first kappa shape index (κ1) is 12.6. The smallest absolute Gasteiger partial charge is 0.351 e. The molecule has 0 aromatic heterocycles. The van der Waals surface area contributed by atoms with Crippen LogP contribution in [-0.4, -0.2) is 31.1 Å². The van der Waals surface area contributed by atoms with Gasteiger partial charge in [0.25, 0.3) is 0 Å². The largest absolute Gasteiger partial charge is 0.482 e. The van der Waals surface area contributed by atoms with Gasteiger partial charge in [0.2, 0.25) is 0 Å². The molecule has 5 nitrogen and oxygen atoms in total. The molecule has 96 valence electrons. The van der Waals surface area contributed by atoms with Gasteiger partial charge in [-0.2, -0.15) is 0 Å². The number of esters is 2. The van der Waals surface area contributed by atoms with Gasteiger partial charge in [-0.3, -0.25) is 0 Å². The Morgan fingerprint density at radius 3 is 2.72 bits per heavy atom. The minimum absolute atomic E-state index is 0.261. The minimum Gasteiger partial charge on any atom is -0.482 e. The number of carbonyl (C=O) groups is 2. The highest BCUT2D eigenvalue weighted by molar-refractivity contribution is 5.89. The molecule has 1 fully saturated rings. The van der Waals surface area contributed by atoms with E-state index in [9.17, 15) is 9.59 Å². The summed E-state index contributed by atoms with van der Waals surface area (Å²) in [5, 5.41) is 2.97. The lowest BCUT2D eigenvalue weighted by atomic mass is 10.2. The van der Waals surface area contributed by atoms with Crippen LogP contribution in [0.1, 0.15) is 12.8 Å². The molecular weight excluding hydrogens is 234 g/mol. The van der Waals surface area contributed by atoms with Crippen LogP contribution in [0.4, 0.5) is 0 Å². The third-order valence-electron chi connectivity index (χ3n) is 2.66. The predicted octanol–water partition coefficient (Wildman–Crippen LogP) is 0.887. The zero-order chi connectivity index (χ0) is 12.8. The molecular formula is C13H15NO4. The lowest BCUT2D eigenvalue weighted by Crippen LogP contribution is -2.34. The first-order valence-electron chi connectivity index (χ1n) is 5.91. The number of hydrogen-bond donors (Lipinski definition) is 1. The lowest BCUT2D eigenvalue weighted by Gasteiger charge is -2.09. The first-order chi connectivity index (χ1) is 8.75.